The van der Waals surface area contributed by atoms with E-state index in [1.165, 1.54) is 4.57 Å². The molecule has 1 aromatic carbocycles. The van der Waals surface area contributed by atoms with E-state index in [0.29, 0.717) is 19.7 Å². The molecule has 1 amide bonds. The largest absolute Gasteiger partial charge is 0.492 e. The molecule has 1 heterocycles. The van der Waals surface area contributed by atoms with Gasteiger partial charge in [0, 0.05) is 19.1 Å². The number of ether oxygens (including phenoxy) is 1. The zero-order valence-electron chi connectivity index (χ0n) is 20.5. The van der Waals surface area contributed by atoms with Gasteiger partial charge in [0.2, 0.25) is 5.91 Å². The van der Waals surface area contributed by atoms with Gasteiger partial charge in [0.05, 0.1) is 6.54 Å². The quantitative estimate of drug-likeness (QED) is 0.521. The minimum absolute atomic E-state index is 0.0629. The number of anilines is 2. The molecule has 0 atom stereocenters. The third-order valence-corrected chi connectivity index (χ3v) is 6.29. The summed E-state index contributed by atoms with van der Waals surface area (Å²) >= 11 is 0. The van der Waals surface area contributed by atoms with Crippen molar-refractivity contribution in [3.8, 4) is 5.75 Å². The zero-order valence-corrected chi connectivity index (χ0v) is 20.5. The number of rotatable bonds is 11. The monoisotopic (exact) mass is 471 g/mol. The second kappa shape index (κ2) is 11.9. The van der Waals surface area contributed by atoms with E-state index in [4.69, 9.17) is 10.5 Å². The number of likely N-dealkylation sites (N-methyl/N-ethyl adjacent to an activating group) is 1. The number of aromatic amines is 1. The van der Waals surface area contributed by atoms with Crippen LogP contribution in [0.4, 0.5) is 11.5 Å². The van der Waals surface area contributed by atoms with Crippen LogP contribution in [0.2, 0.25) is 0 Å². The fraction of sp³-hybridized carbons (Fsp3) is 0.560. The summed E-state index contributed by atoms with van der Waals surface area (Å²) in [4.78, 5) is 44.5. The van der Waals surface area contributed by atoms with Crippen LogP contribution >= 0.6 is 0 Å². The Hall–Kier alpha value is -3.07. The summed E-state index contributed by atoms with van der Waals surface area (Å²) < 4.78 is 7.18. The highest BCUT2D eigenvalue weighted by Crippen LogP contribution is 2.29. The summed E-state index contributed by atoms with van der Waals surface area (Å²) in [5.74, 6) is 0.650. The highest BCUT2D eigenvalue weighted by Gasteiger charge is 2.32. The average Bonchev–Trinajstić information content (AvgIpc) is 3.30. The van der Waals surface area contributed by atoms with Gasteiger partial charge in [-0.25, -0.2) is 4.79 Å². The van der Waals surface area contributed by atoms with E-state index in [0.717, 1.165) is 49.8 Å². The van der Waals surface area contributed by atoms with Gasteiger partial charge in [0.1, 0.15) is 18.2 Å². The number of unbranched alkanes of at least 4 members (excludes halogenated alkanes) is 1. The third kappa shape index (κ3) is 6.28. The standard InChI is InChI=1S/C25H37N5O4/c1-4-5-13-29-23(26)22(24(32)27-25(29)33)30(19-10-6-7-11-19)21(31)17-28(3)14-15-34-20-12-8-9-18(2)16-20/h8-9,12,16,19H,4-7,10-11,13-15,17,26H2,1-3H3,(H,27,32,33). The number of nitrogens with zero attached hydrogens (tertiary/aromatic N) is 3. The van der Waals surface area contributed by atoms with Crippen molar-refractivity contribution in [2.75, 3.05) is 37.4 Å². The second-order valence-electron chi connectivity index (χ2n) is 9.10. The average molecular weight is 472 g/mol. The smallest absolute Gasteiger partial charge is 0.330 e. The molecular formula is C25H37N5O4. The summed E-state index contributed by atoms with van der Waals surface area (Å²) in [6.07, 6.45) is 5.21. The molecule has 3 rings (SSSR count). The second-order valence-corrected chi connectivity index (χ2v) is 9.10. The normalized spacial score (nSPS) is 14.0. The number of carbonyl (C=O) groups is 1. The topological polar surface area (TPSA) is 114 Å². The molecule has 1 saturated carbocycles. The lowest BCUT2D eigenvalue weighted by Crippen LogP contribution is -2.49. The number of hydrogen-bond acceptors (Lipinski definition) is 6. The Morgan fingerprint density at radius 1 is 1.26 bits per heavy atom. The lowest BCUT2D eigenvalue weighted by atomic mass is 10.2. The van der Waals surface area contributed by atoms with Gasteiger partial charge in [-0.3, -0.25) is 24.0 Å². The van der Waals surface area contributed by atoms with Crippen LogP contribution in [-0.4, -0.2) is 53.1 Å². The number of aromatic nitrogens is 2. The molecule has 3 N–H and O–H groups in total. The molecule has 186 valence electrons. The predicted octanol–water partition coefficient (Wildman–Crippen LogP) is 2.51. The van der Waals surface area contributed by atoms with Crippen LogP contribution in [0.15, 0.2) is 33.9 Å². The van der Waals surface area contributed by atoms with Gasteiger partial charge in [-0.2, -0.15) is 0 Å². The molecule has 1 aliphatic carbocycles. The number of nitrogen functional groups attached to an aromatic ring is 1. The van der Waals surface area contributed by atoms with E-state index in [1.807, 2.05) is 50.1 Å². The van der Waals surface area contributed by atoms with Crippen LogP contribution < -0.4 is 26.6 Å². The van der Waals surface area contributed by atoms with Crippen LogP contribution in [0.3, 0.4) is 0 Å². The number of nitrogens with two attached hydrogens (primary N) is 1. The first kappa shape index (κ1) is 25.6. The van der Waals surface area contributed by atoms with Crippen molar-refractivity contribution < 1.29 is 9.53 Å². The number of benzene rings is 1. The first-order valence-corrected chi connectivity index (χ1v) is 12.1. The van der Waals surface area contributed by atoms with E-state index < -0.39 is 11.2 Å². The maximum Gasteiger partial charge on any atom is 0.330 e. The molecule has 0 radical (unpaired) electrons. The van der Waals surface area contributed by atoms with E-state index >= 15 is 0 Å². The fourth-order valence-corrected chi connectivity index (χ4v) is 4.43. The Balaban J connectivity index is 1.76. The van der Waals surface area contributed by atoms with Crippen LogP contribution in [-0.2, 0) is 11.3 Å². The molecule has 0 bridgehead atoms. The minimum Gasteiger partial charge on any atom is -0.492 e. The van der Waals surface area contributed by atoms with Crippen LogP contribution in [0.25, 0.3) is 0 Å². The van der Waals surface area contributed by atoms with Crippen molar-refractivity contribution in [2.45, 2.75) is 65.0 Å². The van der Waals surface area contributed by atoms with Gasteiger partial charge in [0.15, 0.2) is 5.69 Å². The highest BCUT2D eigenvalue weighted by molar-refractivity contribution is 5.97. The Labute approximate surface area is 200 Å². The fourth-order valence-electron chi connectivity index (χ4n) is 4.43. The number of hydrogen-bond donors (Lipinski definition) is 2. The maximum atomic E-state index is 13.5. The predicted molar refractivity (Wildman–Crippen MR) is 135 cm³/mol. The minimum atomic E-state index is -0.610. The van der Waals surface area contributed by atoms with Gasteiger partial charge < -0.3 is 15.4 Å². The van der Waals surface area contributed by atoms with Gasteiger partial charge in [-0.05, 0) is 50.9 Å². The summed E-state index contributed by atoms with van der Waals surface area (Å²) in [5.41, 5.74) is 6.40. The number of nitrogens with one attached hydrogen (secondary N) is 1. The first-order chi connectivity index (χ1) is 16.3. The van der Waals surface area contributed by atoms with Crippen molar-refractivity contribution in [2.24, 2.45) is 0 Å². The van der Waals surface area contributed by atoms with Crippen molar-refractivity contribution in [1.29, 1.82) is 0 Å². The molecule has 0 unspecified atom stereocenters. The number of aryl methyl sites for hydroxylation is 1. The summed E-state index contributed by atoms with van der Waals surface area (Å²) in [6, 6.07) is 7.72. The summed E-state index contributed by atoms with van der Waals surface area (Å²) in [5, 5.41) is 0. The Kier molecular flexibility index (Phi) is 8.92. The van der Waals surface area contributed by atoms with Gasteiger partial charge in [-0.15, -0.1) is 0 Å². The first-order valence-electron chi connectivity index (χ1n) is 12.1. The van der Waals surface area contributed by atoms with Crippen molar-refractivity contribution >= 4 is 17.4 Å². The Morgan fingerprint density at radius 3 is 2.68 bits per heavy atom. The van der Waals surface area contributed by atoms with E-state index in [2.05, 4.69) is 4.98 Å². The number of H-pyrrole nitrogens is 1. The SMILES string of the molecule is CCCCn1c(N)c(N(C(=O)CN(C)CCOc2cccc(C)c2)C2CCCC2)c(=O)[nH]c1=O. The lowest BCUT2D eigenvalue weighted by Gasteiger charge is -2.31. The molecule has 0 aliphatic heterocycles. The molecule has 2 aromatic rings. The van der Waals surface area contributed by atoms with Crippen LogP contribution in [0.1, 0.15) is 51.0 Å². The van der Waals surface area contributed by atoms with Crippen molar-refractivity contribution in [3.63, 3.8) is 0 Å². The Morgan fingerprint density at radius 2 is 2.00 bits per heavy atom. The van der Waals surface area contributed by atoms with Gasteiger partial charge >= 0.3 is 5.69 Å². The molecule has 34 heavy (non-hydrogen) atoms. The molecule has 9 heteroatoms. The van der Waals surface area contributed by atoms with Crippen molar-refractivity contribution in [1.82, 2.24) is 14.5 Å². The third-order valence-electron chi connectivity index (χ3n) is 6.29. The Bertz CT molecular complexity index is 1090. The molecular weight excluding hydrogens is 434 g/mol. The molecule has 9 nitrogen and oxygen atoms in total. The molecule has 1 aliphatic rings. The van der Waals surface area contributed by atoms with Crippen molar-refractivity contribution in [3.05, 3.63) is 50.7 Å². The maximum absolute atomic E-state index is 13.5. The van der Waals surface area contributed by atoms with E-state index in [9.17, 15) is 14.4 Å². The van der Waals surface area contributed by atoms with Crippen LogP contribution in [0.5, 0.6) is 5.75 Å². The number of carbonyl (C=O) groups excluding carboxylic acids is 1. The summed E-state index contributed by atoms with van der Waals surface area (Å²) in [7, 11) is 1.85. The summed E-state index contributed by atoms with van der Waals surface area (Å²) in [6.45, 7) is 5.50. The highest BCUT2D eigenvalue weighted by atomic mass is 16.5. The van der Waals surface area contributed by atoms with Crippen LogP contribution in [0, 0.1) is 6.92 Å². The molecule has 0 spiro atoms. The molecule has 0 saturated heterocycles. The van der Waals surface area contributed by atoms with E-state index in [1.54, 1.807) is 4.90 Å². The van der Waals surface area contributed by atoms with E-state index in [-0.39, 0.29) is 30.0 Å². The molecule has 1 aromatic heterocycles. The van der Waals surface area contributed by atoms with Gasteiger partial charge in [0.25, 0.3) is 5.56 Å². The van der Waals surface area contributed by atoms with Gasteiger partial charge in [-0.1, -0.05) is 38.3 Å². The zero-order chi connectivity index (χ0) is 24.7. The molecule has 1 fully saturated rings. The number of amides is 1. The lowest BCUT2D eigenvalue weighted by molar-refractivity contribution is -0.120.